The fraction of sp³-hybridized carbons (Fsp3) is 0.391. The molecule has 0 amide bonds. The second kappa shape index (κ2) is 8.56. The average Bonchev–Trinajstić information content (AvgIpc) is 2.68. The Kier molecular flexibility index (Phi) is 6.30. The van der Waals surface area contributed by atoms with Crippen molar-refractivity contribution in [2.75, 3.05) is 0 Å². The van der Waals surface area contributed by atoms with Crippen molar-refractivity contribution in [3.05, 3.63) is 70.5 Å². The van der Waals surface area contributed by atoms with Crippen LogP contribution >= 0.6 is 0 Å². The number of alkyl halides is 2. The number of allylic oxidation sites excluding steroid dienone is 1. The van der Waals surface area contributed by atoms with E-state index in [1.54, 1.807) is 6.08 Å². The largest absolute Gasteiger partial charge is 0.429 e. The summed E-state index contributed by atoms with van der Waals surface area (Å²) in [6.45, 7) is 3.51. The Morgan fingerprint density at radius 1 is 0.966 bits per heavy atom. The van der Waals surface area contributed by atoms with E-state index < -0.39 is 34.9 Å². The molecule has 29 heavy (non-hydrogen) atoms. The molecular formula is C23H23F5O. The van der Waals surface area contributed by atoms with Crippen LogP contribution in [0.25, 0.3) is 6.08 Å². The highest BCUT2D eigenvalue weighted by Gasteiger charge is 2.38. The van der Waals surface area contributed by atoms with Crippen LogP contribution in [-0.2, 0) is 6.11 Å². The summed E-state index contributed by atoms with van der Waals surface area (Å²) in [6, 6.07) is 5.24. The smallest absolute Gasteiger partial charge is 0.426 e. The minimum Gasteiger partial charge on any atom is -0.426 e. The summed E-state index contributed by atoms with van der Waals surface area (Å²) in [5.74, 6) is -3.86. The summed E-state index contributed by atoms with van der Waals surface area (Å²) in [7, 11) is 0. The van der Waals surface area contributed by atoms with Crippen LogP contribution in [0.1, 0.15) is 49.3 Å². The molecule has 6 heteroatoms. The molecule has 1 aliphatic carbocycles. The predicted molar refractivity (Wildman–Crippen MR) is 102 cm³/mol. The zero-order chi connectivity index (χ0) is 21.2. The quantitative estimate of drug-likeness (QED) is 0.467. The van der Waals surface area contributed by atoms with Gasteiger partial charge in [0.05, 0.1) is 5.56 Å². The zero-order valence-electron chi connectivity index (χ0n) is 16.3. The van der Waals surface area contributed by atoms with E-state index in [0.29, 0.717) is 17.4 Å². The van der Waals surface area contributed by atoms with Gasteiger partial charge in [-0.3, -0.25) is 0 Å². The molecule has 0 aromatic heterocycles. The normalized spacial score (nSPS) is 20.2. The lowest BCUT2D eigenvalue weighted by atomic mass is 9.83. The lowest BCUT2D eigenvalue weighted by Gasteiger charge is -2.23. The van der Waals surface area contributed by atoms with Gasteiger partial charge in [0.15, 0.2) is 11.6 Å². The second-order valence-electron chi connectivity index (χ2n) is 7.75. The van der Waals surface area contributed by atoms with Gasteiger partial charge in [-0.2, -0.15) is 13.2 Å². The molecule has 2 aromatic rings. The fourth-order valence-corrected chi connectivity index (χ4v) is 3.50. The Hall–Kier alpha value is -2.37. The highest BCUT2D eigenvalue weighted by Crippen LogP contribution is 2.36. The topological polar surface area (TPSA) is 9.23 Å². The van der Waals surface area contributed by atoms with Crippen LogP contribution in [0.2, 0.25) is 0 Å². The highest BCUT2D eigenvalue weighted by molar-refractivity contribution is 5.50. The molecule has 1 fully saturated rings. The van der Waals surface area contributed by atoms with Crippen molar-refractivity contribution in [2.45, 2.75) is 45.6 Å². The number of benzene rings is 2. The maximum absolute atomic E-state index is 14.4. The Balaban J connectivity index is 1.76. The van der Waals surface area contributed by atoms with E-state index >= 15 is 0 Å². The van der Waals surface area contributed by atoms with Gasteiger partial charge in [0, 0.05) is 0 Å². The third kappa shape index (κ3) is 4.98. The molecule has 1 saturated carbocycles. The van der Waals surface area contributed by atoms with Crippen LogP contribution in [0.15, 0.2) is 36.4 Å². The maximum Gasteiger partial charge on any atom is 0.429 e. The van der Waals surface area contributed by atoms with Crippen molar-refractivity contribution in [1.82, 2.24) is 0 Å². The van der Waals surface area contributed by atoms with Gasteiger partial charge in [-0.05, 0) is 60.9 Å². The van der Waals surface area contributed by atoms with Gasteiger partial charge in [-0.1, -0.05) is 44.1 Å². The molecule has 156 valence electrons. The van der Waals surface area contributed by atoms with Crippen LogP contribution in [0.3, 0.4) is 0 Å². The molecule has 3 rings (SSSR count). The number of halogens is 5. The average molecular weight is 410 g/mol. The molecule has 0 radical (unpaired) electrons. The minimum atomic E-state index is -4.16. The summed E-state index contributed by atoms with van der Waals surface area (Å²) in [5.41, 5.74) is -0.636. The lowest BCUT2D eigenvalue weighted by molar-refractivity contribution is -0.189. The molecule has 0 saturated heterocycles. The molecule has 0 atom stereocenters. The van der Waals surface area contributed by atoms with Crippen molar-refractivity contribution in [3.63, 3.8) is 0 Å². The van der Waals surface area contributed by atoms with Crippen LogP contribution in [0, 0.1) is 36.2 Å². The molecule has 1 nitrogen and oxygen atoms in total. The van der Waals surface area contributed by atoms with Gasteiger partial charge < -0.3 is 4.74 Å². The van der Waals surface area contributed by atoms with E-state index in [1.807, 2.05) is 6.08 Å². The number of aryl methyl sites for hydroxylation is 1. The van der Waals surface area contributed by atoms with Gasteiger partial charge in [-0.25, -0.2) is 8.78 Å². The zero-order valence-corrected chi connectivity index (χ0v) is 16.3. The Morgan fingerprint density at radius 3 is 2.31 bits per heavy atom. The van der Waals surface area contributed by atoms with E-state index in [9.17, 15) is 22.0 Å². The maximum atomic E-state index is 14.4. The van der Waals surface area contributed by atoms with Gasteiger partial charge in [0.25, 0.3) is 0 Å². The number of hydrogen-bond donors (Lipinski definition) is 0. The van der Waals surface area contributed by atoms with E-state index in [2.05, 4.69) is 11.7 Å². The van der Waals surface area contributed by atoms with E-state index in [-0.39, 0.29) is 5.56 Å². The Bertz CT molecular complexity index is 898. The molecule has 0 spiro atoms. The molecule has 1 aliphatic rings. The van der Waals surface area contributed by atoms with E-state index in [4.69, 9.17) is 0 Å². The van der Waals surface area contributed by atoms with Gasteiger partial charge in [0.1, 0.15) is 5.82 Å². The SMILES string of the molecule is Cc1ccc(OC(F)(F)c2ccc(/C=C/C3CCC(C)CC3)cc2F)c(F)c1F. The van der Waals surface area contributed by atoms with Crippen LogP contribution in [-0.4, -0.2) is 0 Å². The molecule has 0 N–H and O–H groups in total. The first kappa shape index (κ1) is 21.3. The summed E-state index contributed by atoms with van der Waals surface area (Å²) in [5, 5.41) is 0. The summed E-state index contributed by atoms with van der Waals surface area (Å²) in [4.78, 5) is 0. The third-order valence-electron chi connectivity index (χ3n) is 5.41. The standard InChI is InChI=1S/C23H23F5O/c1-14-3-6-16(7-4-14)8-9-17-10-11-18(19(24)13-17)23(27,28)29-20-12-5-15(2)21(25)22(20)26/h5,8-14,16H,3-4,6-7H2,1-2H3/b9-8+. The minimum absolute atomic E-state index is 0.0482. The van der Waals surface area contributed by atoms with Gasteiger partial charge >= 0.3 is 6.11 Å². The summed E-state index contributed by atoms with van der Waals surface area (Å²) >= 11 is 0. The fourth-order valence-electron chi connectivity index (χ4n) is 3.50. The third-order valence-corrected chi connectivity index (χ3v) is 5.41. The van der Waals surface area contributed by atoms with Crippen molar-refractivity contribution in [1.29, 1.82) is 0 Å². The first-order valence-electron chi connectivity index (χ1n) is 9.67. The molecule has 0 heterocycles. The first-order valence-corrected chi connectivity index (χ1v) is 9.67. The lowest BCUT2D eigenvalue weighted by Crippen LogP contribution is -2.24. The highest BCUT2D eigenvalue weighted by atomic mass is 19.3. The Morgan fingerprint density at radius 2 is 1.66 bits per heavy atom. The molecule has 0 bridgehead atoms. The van der Waals surface area contributed by atoms with Crippen molar-refractivity contribution < 1.29 is 26.7 Å². The van der Waals surface area contributed by atoms with Gasteiger partial charge in [0.2, 0.25) is 5.82 Å². The van der Waals surface area contributed by atoms with Gasteiger partial charge in [-0.15, -0.1) is 0 Å². The number of hydrogen-bond acceptors (Lipinski definition) is 1. The van der Waals surface area contributed by atoms with Crippen molar-refractivity contribution >= 4 is 6.08 Å². The molecule has 2 aromatic carbocycles. The number of rotatable bonds is 5. The van der Waals surface area contributed by atoms with Crippen LogP contribution in [0.4, 0.5) is 22.0 Å². The Labute approximate surface area is 167 Å². The van der Waals surface area contributed by atoms with E-state index in [1.165, 1.54) is 13.0 Å². The van der Waals surface area contributed by atoms with Crippen LogP contribution in [0.5, 0.6) is 5.75 Å². The molecule has 0 aliphatic heterocycles. The second-order valence-corrected chi connectivity index (χ2v) is 7.75. The summed E-state index contributed by atoms with van der Waals surface area (Å²) < 4.78 is 74.9. The predicted octanol–water partition coefficient (Wildman–Crippen LogP) is 7.38. The summed E-state index contributed by atoms with van der Waals surface area (Å²) in [6.07, 6.45) is 3.95. The van der Waals surface area contributed by atoms with E-state index in [0.717, 1.165) is 49.9 Å². The van der Waals surface area contributed by atoms with Crippen LogP contribution < -0.4 is 4.74 Å². The molecular weight excluding hydrogens is 387 g/mol. The monoisotopic (exact) mass is 410 g/mol. The first-order chi connectivity index (χ1) is 13.7. The molecule has 0 unspecified atom stereocenters. The van der Waals surface area contributed by atoms with Crippen molar-refractivity contribution in [2.24, 2.45) is 11.8 Å². The van der Waals surface area contributed by atoms with Crippen molar-refractivity contribution in [3.8, 4) is 5.75 Å². The number of ether oxygens (including phenoxy) is 1.